The van der Waals surface area contributed by atoms with Crippen molar-refractivity contribution < 1.29 is 13.2 Å². The molecule has 26 heavy (non-hydrogen) atoms. The van der Waals surface area contributed by atoms with E-state index < -0.39 is 10.0 Å². The number of carbonyl (C=O) groups is 1. The number of thioether (sulfide) groups is 1. The van der Waals surface area contributed by atoms with Crippen molar-refractivity contribution in [2.45, 2.75) is 30.6 Å². The number of ketones is 1. The van der Waals surface area contributed by atoms with E-state index >= 15 is 0 Å². The maximum Gasteiger partial charge on any atom is 0.232 e. The fourth-order valence-electron chi connectivity index (χ4n) is 2.98. The van der Waals surface area contributed by atoms with Crippen LogP contribution in [-0.2, 0) is 16.4 Å². The fourth-order valence-corrected chi connectivity index (χ4v) is 5.96. The van der Waals surface area contributed by atoms with Crippen molar-refractivity contribution in [1.82, 2.24) is 10.2 Å². The number of benzene rings is 1. The van der Waals surface area contributed by atoms with Crippen LogP contribution in [0.1, 0.15) is 29.8 Å². The minimum atomic E-state index is -3.32. The first-order valence-electron chi connectivity index (χ1n) is 8.15. The van der Waals surface area contributed by atoms with Gasteiger partial charge in [-0.25, -0.2) is 8.42 Å². The smallest absolute Gasteiger partial charge is 0.232 e. The molecule has 1 aromatic heterocycles. The molecule has 0 saturated carbocycles. The minimum absolute atomic E-state index is 0.0107. The van der Waals surface area contributed by atoms with E-state index in [0.717, 1.165) is 21.6 Å². The lowest BCUT2D eigenvalue weighted by molar-refractivity contribution is 0.102. The number of nitrogens with zero attached hydrogens (tertiary/aromatic N) is 3. The van der Waals surface area contributed by atoms with E-state index in [0.29, 0.717) is 17.7 Å². The molecule has 0 bridgehead atoms. The second-order valence-corrected chi connectivity index (χ2v) is 10.1. The lowest BCUT2D eigenvalue weighted by Gasteiger charge is -2.21. The molecule has 0 radical (unpaired) electrons. The van der Waals surface area contributed by atoms with Gasteiger partial charge in [0.25, 0.3) is 0 Å². The largest absolute Gasteiger partial charge is 0.360 e. The van der Waals surface area contributed by atoms with Crippen LogP contribution in [0.4, 0.5) is 10.8 Å². The molecular formula is C16H20N4O3S3. The summed E-state index contributed by atoms with van der Waals surface area (Å²) >= 11 is 2.78. The van der Waals surface area contributed by atoms with Gasteiger partial charge in [0.1, 0.15) is 0 Å². The summed E-state index contributed by atoms with van der Waals surface area (Å²) in [5, 5.41) is 11.9. The van der Waals surface area contributed by atoms with Crippen LogP contribution in [0.2, 0.25) is 0 Å². The second-order valence-electron chi connectivity index (χ2n) is 6.07. The van der Waals surface area contributed by atoms with Crippen LogP contribution < -0.4 is 9.62 Å². The Labute approximate surface area is 161 Å². The molecule has 0 spiro atoms. The number of anilines is 2. The van der Waals surface area contributed by atoms with Crippen LogP contribution in [0.5, 0.6) is 0 Å². The highest BCUT2D eigenvalue weighted by atomic mass is 32.2. The van der Waals surface area contributed by atoms with Gasteiger partial charge in [-0.05, 0) is 44.0 Å². The molecule has 3 rings (SSSR count). The molecule has 1 aliphatic heterocycles. The van der Waals surface area contributed by atoms with Gasteiger partial charge in [0.15, 0.2) is 10.1 Å². The summed E-state index contributed by atoms with van der Waals surface area (Å²) in [6.45, 7) is 4.63. The van der Waals surface area contributed by atoms with Gasteiger partial charge in [0.05, 0.1) is 17.7 Å². The number of nitrogens with one attached hydrogen (secondary N) is 1. The Kier molecular flexibility index (Phi) is 5.54. The van der Waals surface area contributed by atoms with Crippen molar-refractivity contribution in [3.05, 3.63) is 29.3 Å². The first-order chi connectivity index (χ1) is 12.3. The Morgan fingerprint density at radius 3 is 2.88 bits per heavy atom. The van der Waals surface area contributed by atoms with Crippen LogP contribution in [-0.4, -0.2) is 49.0 Å². The standard InChI is InChI=1S/C16H20N4O3S3/c1-4-17-15-18-19-16(25-15)24-9-14(21)11-5-6-13-12(8-11)7-10(2)20(13)26(3,22)23/h5-6,8,10H,4,7,9H2,1-3H3,(H,17,18)/t10-/m1/s1. The molecular weight excluding hydrogens is 392 g/mol. The van der Waals surface area contributed by atoms with Crippen molar-refractivity contribution in [2.24, 2.45) is 0 Å². The molecule has 2 aromatic rings. The Hall–Kier alpha value is -1.65. The van der Waals surface area contributed by atoms with Crippen LogP contribution in [0.15, 0.2) is 22.5 Å². The highest BCUT2D eigenvalue weighted by molar-refractivity contribution is 8.01. The third kappa shape index (κ3) is 4.02. The molecule has 1 N–H and O–H groups in total. The second kappa shape index (κ2) is 7.53. The maximum absolute atomic E-state index is 12.5. The Morgan fingerprint density at radius 1 is 1.42 bits per heavy atom. The van der Waals surface area contributed by atoms with Crippen molar-refractivity contribution in [3.63, 3.8) is 0 Å². The third-order valence-corrected chi connectivity index (χ3v) is 7.26. The molecule has 0 fully saturated rings. The van der Waals surface area contributed by atoms with Gasteiger partial charge in [-0.1, -0.05) is 23.1 Å². The number of rotatable bonds is 7. The zero-order valence-electron chi connectivity index (χ0n) is 14.7. The van der Waals surface area contributed by atoms with Crippen molar-refractivity contribution in [3.8, 4) is 0 Å². The number of Topliss-reactive ketones (excluding diaryl/α,β-unsaturated/α-hetero) is 1. The molecule has 0 unspecified atom stereocenters. The highest BCUT2D eigenvalue weighted by Crippen LogP contribution is 2.35. The van der Waals surface area contributed by atoms with E-state index in [1.54, 1.807) is 12.1 Å². The van der Waals surface area contributed by atoms with Gasteiger partial charge in [0, 0.05) is 18.2 Å². The number of hydrogen-bond acceptors (Lipinski definition) is 8. The van der Waals surface area contributed by atoms with Gasteiger partial charge in [-0.3, -0.25) is 9.10 Å². The molecule has 140 valence electrons. The molecule has 2 heterocycles. The monoisotopic (exact) mass is 412 g/mol. The van der Waals surface area contributed by atoms with Crippen LogP contribution in [0.25, 0.3) is 0 Å². The topological polar surface area (TPSA) is 92.3 Å². The van der Waals surface area contributed by atoms with Crippen LogP contribution >= 0.6 is 23.1 Å². The summed E-state index contributed by atoms with van der Waals surface area (Å²) in [6, 6.07) is 5.10. The zero-order valence-corrected chi connectivity index (χ0v) is 17.2. The number of hydrogen-bond donors (Lipinski definition) is 1. The van der Waals surface area contributed by atoms with Gasteiger partial charge < -0.3 is 5.32 Å². The molecule has 0 saturated heterocycles. The lowest BCUT2D eigenvalue weighted by Crippen LogP contribution is -2.34. The van der Waals surface area contributed by atoms with Crippen molar-refractivity contribution in [2.75, 3.05) is 28.2 Å². The molecule has 0 amide bonds. The van der Waals surface area contributed by atoms with Crippen molar-refractivity contribution in [1.29, 1.82) is 0 Å². The van der Waals surface area contributed by atoms with Gasteiger partial charge in [0.2, 0.25) is 15.2 Å². The number of sulfonamides is 1. The maximum atomic E-state index is 12.5. The van der Waals surface area contributed by atoms with Crippen LogP contribution in [0.3, 0.4) is 0 Å². The lowest BCUT2D eigenvalue weighted by atomic mass is 10.0. The van der Waals surface area contributed by atoms with E-state index in [1.807, 2.05) is 19.9 Å². The first-order valence-corrected chi connectivity index (χ1v) is 11.8. The normalized spacial score (nSPS) is 16.6. The van der Waals surface area contributed by atoms with E-state index in [9.17, 15) is 13.2 Å². The van der Waals surface area contributed by atoms with E-state index in [4.69, 9.17) is 0 Å². The molecule has 1 aromatic carbocycles. The average molecular weight is 413 g/mol. The minimum Gasteiger partial charge on any atom is -0.360 e. The van der Waals surface area contributed by atoms with E-state index in [2.05, 4.69) is 15.5 Å². The molecule has 10 heteroatoms. The summed E-state index contributed by atoms with van der Waals surface area (Å²) < 4.78 is 26.1. The Morgan fingerprint density at radius 2 is 2.19 bits per heavy atom. The van der Waals surface area contributed by atoms with Gasteiger partial charge in [-0.2, -0.15) is 0 Å². The predicted octanol–water partition coefficient (Wildman–Crippen LogP) is 2.66. The van der Waals surface area contributed by atoms with Gasteiger partial charge >= 0.3 is 0 Å². The molecule has 0 aliphatic carbocycles. The Bertz CT molecular complexity index is 927. The van der Waals surface area contributed by atoms with Crippen LogP contribution in [0, 0.1) is 0 Å². The van der Waals surface area contributed by atoms with E-state index in [1.165, 1.54) is 33.7 Å². The summed E-state index contributed by atoms with van der Waals surface area (Å²) in [5.41, 5.74) is 2.16. The number of aromatic nitrogens is 2. The molecule has 1 atom stereocenters. The third-order valence-electron chi connectivity index (χ3n) is 3.97. The number of carbonyl (C=O) groups excluding carboxylic acids is 1. The van der Waals surface area contributed by atoms with Gasteiger partial charge in [-0.15, -0.1) is 10.2 Å². The van der Waals surface area contributed by atoms with E-state index in [-0.39, 0.29) is 17.6 Å². The highest BCUT2D eigenvalue weighted by Gasteiger charge is 2.32. The fraction of sp³-hybridized carbons (Fsp3) is 0.438. The number of fused-ring (bicyclic) bond motifs is 1. The summed E-state index contributed by atoms with van der Waals surface area (Å²) in [4.78, 5) is 12.5. The summed E-state index contributed by atoms with van der Waals surface area (Å²) in [7, 11) is -3.32. The molecule has 1 aliphatic rings. The first kappa shape index (κ1) is 19.1. The predicted molar refractivity (Wildman–Crippen MR) is 106 cm³/mol. The quantitative estimate of drug-likeness (QED) is 0.552. The zero-order chi connectivity index (χ0) is 18.9. The average Bonchev–Trinajstić information content (AvgIpc) is 3.14. The summed E-state index contributed by atoms with van der Waals surface area (Å²) in [5.74, 6) is 0.258. The van der Waals surface area contributed by atoms with Crippen molar-refractivity contribution >= 4 is 49.7 Å². The Balaban J connectivity index is 1.70. The molecule has 7 nitrogen and oxygen atoms in total. The summed E-state index contributed by atoms with van der Waals surface area (Å²) in [6.07, 6.45) is 1.82. The SMILES string of the molecule is CCNc1nnc(SCC(=O)c2ccc3c(c2)C[C@@H](C)N3S(C)(=O)=O)s1.